The summed E-state index contributed by atoms with van der Waals surface area (Å²) in [4.78, 5) is 23.7. The van der Waals surface area contributed by atoms with Gasteiger partial charge in [0.15, 0.2) is 0 Å². The van der Waals surface area contributed by atoms with E-state index in [1.807, 2.05) is 56.3 Å². The van der Waals surface area contributed by atoms with Crippen LogP contribution in [0.1, 0.15) is 42.1 Å². The van der Waals surface area contributed by atoms with Crippen LogP contribution in [0, 0.1) is 12.8 Å². The molecule has 1 saturated carbocycles. The molecule has 4 nitrogen and oxygen atoms in total. The first-order chi connectivity index (χ1) is 12.1. The molecule has 0 saturated heterocycles. The van der Waals surface area contributed by atoms with Crippen LogP contribution in [0.15, 0.2) is 42.5 Å². The van der Waals surface area contributed by atoms with Crippen LogP contribution in [0.5, 0.6) is 0 Å². The van der Waals surface area contributed by atoms with Crippen molar-refractivity contribution in [1.82, 2.24) is 5.32 Å². The number of carbonyl (C=O) groups is 2. The third-order valence-electron chi connectivity index (χ3n) is 4.55. The van der Waals surface area contributed by atoms with Gasteiger partial charge in [-0.2, -0.15) is 0 Å². The second-order valence-electron chi connectivity index (χ2n) is 6.66. The Bertz CT molecular complexity index is 777. The summed E-state index contributed by atoms with van der Waals surface area (Å²) in [5.41, 5.74) is 4.68. The molecular weight excluding hydrogens is 312 g/mol. The average Bonchev–Trinajstić information content (AvgIpc) is 3.46. The number of hydrogen-bond donors (Lipinski definition) is 2. The Labute approximate surface area is 148 Å². The van der Waals surface area contributed by atoms with Crippen molar-refractivity contribution in [3.05, 3.63) is 53.6 Å². The molecule has 0 bridgehead atoms. The van der Waals surface area contributed by atoms with Crippen LogP contribution >= 0.6 is 0 Å². The van der Waals surface area contributed by atoms with Crippen molar-refractivity contribution in [2.75, 3.05) is 11.9 Å². The van der Waals surface area contributed by atoms with Gasteiger partial charge in [-0.25, -0.2) is 0 Å². The Morgan fingerprint density at radius 1 is 1.08 bits per heavy atom. The summed E-state index contributed by atoms with van der Waals surface area (Å²) in [6, 6.07) is 13.5. The van der Waals surface area contributed by atoms with Gasteiger partial charge in [-0.05, 0) is 66.6 Å². The van der Waals surface area contributed by atoms with Gasteiger partial charge in [-0.15, -0.1) is 0 Å². The molecule has 0 atom stereocenters. The lowest BCUT2D eigenvalue weighted by Crippen LogP contribution is -2.25. The topological polar surface area (TPSA) is 58.2 Å². The zero-order chi connectivity index (χ0) is 17.8. The molecule has 25 heavy (non-hydrogen) atoms. The largest absolute Gasteiger partial charge is 0.352 e. The molecule has 0 heterocycles. The number of aryl methyl sites for hydroxylation is 1. The molecule has 0 unspecified atom stereocenters. The minimum atomic E-state index is -0.0147. The SMILES string of the molecule is CCC(=O)Nc1ccc(C)c(-c2ccc(C(=O)NCC3CC3)cc2)c1. The zero-order valence-electron chi connectivity index (χ0n) is 14.8. The fourth-order valence-corrected chi connectivity index (χ4v) is 2.72. The van der Waals surface area contributed by atoms with Gasteiger partial charge in [-0.3, -0.25) is 9.59 Å². The van der Waals surface area contributed by atoms with Crippen molar-refractivity contribution in [2.45, 2.75) is 33.1 Å². The first-order valence-electron chi connectivity index (χ1n) is 8.86. The molecule has 0 spiro atoms. The van der Waals surface area contributed by atoms with Crippen LogP contribution in [0.2, 0.25) is 0 Å². The van der Waals surface area contributed by atoms with Crippen molar-refractivity contribution >= 4 is 17.5 Å². The van der Waals surface area contributed by atoms with Crippen molar-refractivity contribution < 1.29 is 9.59 Å². The standard InChI is InChI=1S/C21H24N2O2/c1-3-20(24)23-18-11-4-14(2)19(12-18)16-7-9-17(10-8-16)21(25)22-13-15-5-6-15/h4,7-12,15H,3,5-6,13H2,1-2H3,(H,22,25)(H,23,24). The molecule has 2 amide bonds. The van der Waals surface area contributed by atoms with E-state index in [1.165, 1.54) is 12.8 Å². The highest BCUT2D eigenvalue weighted by atomic mass is 16.2. The fourth-order valence-electron chi connectivity index (χ4n) is 2.72. The number of hydrogen-bond acceptors (Lipinski definition) is 2. The smallest absolute Gasteiger partial charge is 0.251 e. The zero-order valence-corrected chi connectivity index (χ0v) is 14.8. The summed E-state index contributed by atoms with van der Waals surface area (Å²) >= 11 is 0. The molecule has 1 aliphatic carbocycles. The molecular formula is C21H24N2O2. The Kier molecular flexibility index (Phi) is 5.17. The summed E-state index contributed by atoms with van der Waals surface area (Å²) in [6.45, 7) is 4.65. The molecule has 130 valence electrons. The summed E-state index contributed by atoms with van der Waals surface area (Å²) < 4.78 is 0. The van der Waals surface area contributed by atoms with Gasteiger partial charge >= 0.3 is 0 Å². The van der Waals surface area contributed by atoms with Gasteiger partial charge in [0, 0.05) is 24.2 Å². The van der Waals surface area contributed by atoms with E-state index < -0.39 is 0 Å². The Morgan fingerprint density at radius 2 is 1.80 bits per heavy atom. The molecule has 0 aliphatic heterocycles. The van der Waals surface area contributed by atoms with Crippen LogP contribution in [0.25, 0.3) is 11.1 Å². The van der Waals surface area contributed by atoms with Crippen molar-refractivity contribution in [3.8, 4) is 11.1 Å². The maximum Gasteiger partial charge on any atom is 0.251 e. The van der Waals surface area contributed by atoms with Gasteiger partial charge in [0.2, 0.25) is 5.91 Å². The second kappa shape index (κ2) is 7.51. The molecule has 3 rings (SSSR count). The van der Waals surface area contributed by atoms with Crippen LogP contribution in [-0.4, -0.2) is 18.4 Å². The summed E-state index contributed by atoms with van der Waals surface area (Å²) in [5.74, 6) is 0.656. The predicted octanol–water partition coefficient (Wildman–Crippen LogP) is 4.15. The highest BCUT2D eigenvalue weighted by Crippen LogP contribution is 2.28. The van der Waals surface area contributed by atoms with E-state index in [4.69, 9.17) is 0 Å². The number of anilines is 1. The Hall–Kier alpha value is -2.62. The van der Waals surface area contributed by atoms with E-state index in [-0.39, 0.29) is 11.8 Å². The van der Waals surface area contributed by atoms with E-state index in [0.717, 1.165) is 28.9 Å². The predicted molar refractivity (Wildman–Crippen MR) is 101 cm³/mol. The number of nitrogens with one attached hydrogen (secondary N) is 2. The number of carbonyl (C=O) groups excluding carboxylic acids is 2. The maximum atomic E-state index is 12.1. The van der Waals surface area contributed by atoms with Crippen molar-refractivity contribution in [1.29, 1.82) is 0 Å². The van der Waals surface area contributed by atoms with Gasteiger partial charge < -0.3 is 10.6 Å². The number of benzene rings is 2. The average molecular weight is 336 g/mol. The number of rotatable bonds is 6. The van der Waals surface area contributed by atoms with Gasteiger partial charge in [0.1, 0.15) is 0 Å². The van der Waals surface area contributed by atoms with Gasteiger partial charge in [-0.1, -0.05) is 25.1 Å². The van der Waals surface area contributed by atoms with E-state index in [1.54, 1.807) is 0 Å². The lowest BCUT2D eigenvalue weighted by atomic mass is 9.98. The van der Waals surface area contributed by atoms with Crippen LogP contribution < -0.4 is 10.6 Å². The third kappa shape index (κ3) is 4.47. The van der Waals surface area contributed by atoms with Crippen LogP contribution in [0.4, 0.5) is 5.69 Å². The monoisotopic (exact) mass is 336 g/mol. The molecule has 2 aromatic carbocycles. The normalized spacial score (nSPS) is 13.4. The molecule has 0 radical (unpaired) electrons. The Morgan fingerprint density at radius 3 is 2.44 bits per heavy atom. The second-order valence-corrected chi connectivity index (χ2v) is 6.66. The van der Waals surface area contributed by atoms with E-state index in [9.17, 15) is 9.59 Å². The first-order valence-corrected chi connectivity index (χ1v) is 8.86. The van der Waals surface area contributed by atoms with E-state index >= 15 is 0 Å². The Balaban J connectivity index is 1.75. The molecule has 2 N–H and O–H groups in total. The highest BCUT2D eigenvalue weighted by Gasteiger charge is 2.21. The first kappa shape index (κ1) is 17.2. The van der Waals surface area contributed by atoms with Gasteiger partial charge in [0.25, 0.3) is 5.91 Å². The summed E-state index contributed by atoms with van der Waals surface area (Å²) in [7, 11) is 0. The van der Waals surface area contributed by atoms with Crippen LogP contribution in [-0.2, 0) is 4.79 Å². The quantitative estimate of drug-likeness (QED) is 0.832. The molecule has 4 heteroatoms. The minimum absolute atomic E-state index is 0.00233. The summed E-state index contributed by atoms with van der Waals surface area (Å²) in [5, 5.41) is 5.87. The van der Waals surface area contributed by atoms with Gasteiger partial charge in [0.05, 0.1) is 0 Å². The fraction of sp³-hybridized carbons (Fsp3) is 0.333. The maximum absolute atomic E-state index is 12.1. The number of amides is 2. The summed E-state index contributed by atoms with van der Waals surface area (Å²) in [6.07, 6.45) is 2.90. The van der Waals surface area contributed by atoms with Crippen molar-refractivity contribution in [2.24, 2.45) is 5.92 Å². The third-order valence-corrected chi connectivity index (χ3v) is 4.55. The van der Waals surface area contributed by atoms with E-state index in [2.05, 4.69) is 10.6 Å². The minimum Gasteiger partial charge on any atom is -0.352 e. The highest BCUT2D eigenvalue weighted by molar-refractivity contribution is 5.95. The molecule has 1 aliphatic rings. The lowest BCUT2D eigenvalue weighted by molar-refractivity contribution is -0.115. The van der Waals surface area contributed by atoms with Crippen LogP contribution in [0.3, 0.4) is 0 Å². The lowest BCUT2D eigenvalue weighted by Gasteiger charge is -2.11. The molecule has 1 fully saturated rings. The van der Waals surface area contributed by atoms with E-state index in [0.29, 0.717) is 17.9 Å². The molecule has 2 aromatic rings. The van der Waals surface area contributed by atoms with Crippen molar-refractivity contribution in [3.63, 3.8) is 0 Å². The molecule has 0 aromatic heterocycles.